The van der Waals surface area contributed by atoms with Crippen molar-refractivity contribution in [2.45, 2.75) is 13.8 Å². The van der Waals surface area contributed by atoms with Crippen LogP contribution in [-0.2, 0) is 11.2 Å². The molecular weight excluding hydrogens is 438 g/mol. The van der Waals surface area contributed by atoms with Crippen LogP contribution in [0.2, 0.25) is 5.02 Å². The molecule has 0 radical (unpaired) electrons. The number of pyridine rings is 2. The smallest absolute Gasteiger partial charge is 0.232 e. The van der Waals surface area contributed by atoms with Crippen LogP contribution in [-0.4, -0.2) is 44.3 Å². The van der Waals surface area contributed by atoms with Crippen molar-refractivity contribution >= 4 is 50.3 Å². The Hall–Kier alpha value is -2.75. The summed E-state index contributed by atoms with van der Waals surface area (Å²) in [6.07, 6.45) is 3.42. The summed E-state index contributed by atoms with van der Waals surface area (Å²) in [5.41, 5.74) is 2.03. The Morgan fingerprint density at radius 2 is 2.03 bits per heavy atom. The highest BCUT2D eigenvalue weighted by Crippen LogP contribution is 2.35. The fourth-order valence-electron chi connectivity index (χ4n) is 2.99. The summed E-state index contributed by atoms with van der Waals surface area (Å²) >= 11 is 4.98. The van der Waals surface area contributed by atoms with Gasteiger partial charge in [-0.05, 0) is 35.6 Å². The molecule has 0 saturated heterocycles. The summed E-state index contributed by atoms with van der Waals surface area (Å²) in [4.78, 5) is 8.91. The number of anilines is 1. The Morgan fingerprint density at radius 1 is 1.23 bits per heavy atom. The third-order valence-corrected chi connectivity index (χ3v) is 5.81. The van der Waals surface area contributed by atoms with Crippen molar-refractivity contribution in [1.29, 1.82) is 0 Å². The summed E-state index contributed by atoms with van der Waals surface area (Å²) in [5.74, 6) is 1.19. The van der Waals surface area contributed by atoms with Crippen molar-refractivity contribution in [2.24, 2.45) is 5.92 Å². The minimum absolute atomic E-state index is 0.371. The standard InChI is InChI=1S/C21H22ClN5O3S/c1-12(2)11-29-21-17(22)8-14(10-24-21)19-15-9-18-16(7-13(15)5-6-23-19)20(25-30-18)26-31(28)27(3)4/h5-10,12H,11H2,1-4H3,(H,25,26). The number of aromatic nitrogens is 3. The average Bonchev–Trinajstić information content (AvgIpc) is 3.12. The van der Waals surface area contributed by atoms with E-state index in [2.05, 4.69) is 33.7 Å². The summed E-state index contributed by atoms with van der Waals surface area (Å²) in [6, 6.07) is 7.48. The van der Waals surface area contributed by atoms with Crippen LogP contribution in [0, 0.1) is 5.92 Å². The first-order chi connectivity index (χ1) is 14.8. The number of hydrogen-bond acceptors (Lipinski definition) is 6. The maximum absolute atomic E-state index is 12.1. The number of nitrogens with zero attached hydrogens (tertiary/aromatic N) is 4. The number of fused-ring (bicyclic) bond motifs is 2. The van der Waals surface area contributed by atoms with Gasteiger partial charge in [-0.3, -0.25) is 9.71 Å². The van der Waals surface area contributed by atoms with Crippen LogP contribution in [0.25, 0.3) is 33.0 Å². The van der Waals surface area contributed by atoms with Crippen LogP contribution in [0.3, 0.4) is 0 Å². The molecule has 1 N–H and O–H groups in total. The van der Waals surface area contributed by atoms with Crippen LogP contribution in [0.5, 0.6) is 5.88 Å². The molecular formula is C21H22ClN5O3S. The predicted molar refractivity (Wildman–Crippen MR) is 123 cm³/mol. The molecule has 4 rings (SSSR count). The molecule has 1 unspecified atom stereocenters. The van der Waals surface area contributed by atoms with Gasteiger partial charge in [0.05, 0.1) is 17.7 Å². The van der Waals surface area contributed by atoms with Gasteiger partial charge < -0.3 is 9.26 Å². The molecule has 162 valence electrons. The van der Waals surface area contributed by atoms with E-state index in [4.69, 9.17) is 20.9 Å². The molecule has 0 fully saturated rings. The van der Waals surface area contributed by atoms with E-state index in [1.165, 1.54) is 4.31 Å². The first kappa shape index (κ1) is 21.5. The number of hydrogen-bond donors (Lipinski definition) is 1. The second kappa shape index (κ2) is 8.78. The molecule has 0 bridgehead atoms. The lowest BCUT2D eigenvalue weighted by atomic mass is 10.0. The number of rotatable bonds is 7. The van der Waals surface area contributed by atoms with Crippen molar-refractivity contribution in [3.8, 4) is 17.1 Å². The van der Waals surface area contributed by atoms with Crippen molar-refractivity contribution in [2.75, 3.05) is 25.4 Å². The zero-order valence-electron chi connectivity index (χ0n) is 17.5. The Bertz CT molecular complexity index is 1270. The topological polar surface area (TPSA) is 93.4 Å². The van der Waals surface area contributed by atoms with E-state index < -0.39 is 11.2 Å². The van der Waals surface area contributed by atoms with Gasteiger partial charge in [-0.2, -0.15) is 0 Å². The van der Waals surface area contributed by atoms with Gasteiger partial charge in [0.2, 0.25) is 5.88 Å². The van der Waals surface area contributed by atoms with Crippen molar-refractivity contribution in [1.82, 2.24) is 19.4 Å². The molecule has 1 atom stereocenters. The van der Waals surface area contributed by atoms with E-state index in [1.807, 2.05) is 18.2 Å². The molecule has 8 nitrogen and oxygen atoms in total. The van der Waals surface area contributed by atoms with Crippen LogP contribution < -0.4 is 9.46 Å². The molecule has 31 heavy (non-hydrogen) atoms. The molecule has 0 spiro atoms. The second-order valence-electron chi connectivity index (χ2n) is 7.64. The Labute approximate surface area is 187 Å². The fraction of sp³-hybridized carbons (Fsp3) is 0.286. The Morgan fingerprint density at radius 3 is 2.74 bits per heavy atom. The van der Waals surface area contributed by atoms with Crippen LogP contribution in [0.15, 0.2) is 41.2 Å². The Balaban J connectivity index is 1.74. The summed E-state index contributed by atoms with van der Waals surface area (Å²) < 4.78 is 27.6. The molecule has 10 heteroatoms. The van der Waals surface area contributed by atoms with Crippen molar-refractivity contribution in [3.63, 3.8) is 0 Å². The molecule has 4 aromatic rings. The lowest BCUT2D eigenvalue weighted by Crippen LogP contribution is -2.22. The highest BCUT2D eigenvalue weighted by atomic mass is 35.5. The maximum Gasteiger partial charge on any atom is 0.232 e. The fourth-order valence-corrected chi connectivity index (χ4v) is 3.71. The quantitative estimate of drug-likeness (QED) is 0.431. The van der Waals surface area contributed by atoms with Crippen molar-refractivity contribution < 1.29 is 13.5 Å². The predicted octanol–water partition coefficient (Wildman–Crippen LogP) is 4.68. The minimum atomic E-state index is -1.42. The molecule has 0 saturated carbocycles. The van der Waals surface area contributed by atoms with Gasteiger partial charge in [0.1, 0.15) is 5.02 Å². The van der Waals surface area contributed by atoms with Crippen LogP contribution in [0.4, 0.5) is 5.82 Å². The van der Waals surface area contributed by atoms with E-state index in [0.29, 0.717) is 40.5 Å². The van der Waals surface area contributed by atoms with E-state index in [-0.39, 0.29) is 0 Å². The maximum atomic E-state index is 12.1. The largest absolute Gasteiger partial charge is 0.476 e. The number of halogens is 1. The monoisotopic (exact) mass is 459 g/mol. The molecule has 1 aromatic carbocycles. The van der Waals surface area contributed by atoms with Gasteiger partial charge in [-0.1, -0.05) is 30.6 Å². The first-order valence-corrected chi connectivity index (χ1v) is 11.1. The molecule has 0 aliphatic rings. The van der Waals surface area contributed by atoms with Gasteiger partial charge in [0.25, 0.3) is 0 Å². The van der Waals surface area contributed by atoms with E-state index in [1.54, 1.807) is 32.6 Å². The van der Waals surface area contributed by atoms with E-state index >= 15 is 0 Å². The van der Waals surface area contributed by atoms with Gasteiger partial charge in [-0.15, -0.1) is 0 Å². The number of ether oxygens (including phenoxy) is 1. The van der Waals surface area contributed by atoms with E-state index in [0.717, 1.165) is 21.7 Å². The van der Waals surface area contributed by atoms with Gasteiger partial charge >= 0.3 is 0 Å². The van der Waals surface area contributed by atoms with Crippen LogP contribution in [0.1, 0.15) is 13.8 Å². The van der Waals surface area contributed by atoms with Gasteiger partial charge in [0, 0.05) is 37.4 Å². The van der Waals surface area contributed by atoms with Gasteiger partial charge in [-0.25, -0.2) is 13.5 Å². The third kappa shape index (κ3) is 4.48. The summed E-state index contributed by atoms with van der Waals surface area (Å²) in [5, 5.41) is 6.97. The lowest BCUT2D eigenvalue weighted by molar-refractivity contribution is 0.261. The molecule has 3 aromatic heterocycles. The zero-order chi connectivity index (χ0) is 22.1. The third-order valence-electron chi connectivity index (χ3n) is 4.50. The first-order valence-electron chi connectivity index (χ1n) is 9.66. The SMILES string of the molecule is CC(C)COc1ncc(-c2nccc3cc4c(NS(=O)N(C)C)noc4cc23)cc1Cl. The number of benzene rings is 1. The average molecular weight is 460 g/mol. The molecule has 0 aliphatic heterocycles. The summed E-state index contributed by atoms with van der Waals surface area (Å²) in [6.45, 7) is 4.66. The van der Waals surface area contributed by atoms with Crippen LogP contribution >= 0.6 is 11.6 Å². The highest BCUT2D eigenvalue weighted by molar-refractivity contribution is 7.84. The minimum Gasteiger partial charge on any atom is -0.476 e. The summed E-state index contributed by atoms with van der Waals surface area (Å²) in [7, 11) is 3.41. The second-order valence-corrected chi connectivity index (χ2v) is 9.48. The van der Waals surface area contributed by atoms with Crippen molar-refractivity contribution in [3.05, 3.63) is 41.7 Å². The normalized spacial score (nSPS) is 12.7. The highest BCUT2D eigenvalue weighted by Gasteiger charge is 2.16. The molecule has 0 aliphatic carbocycles. The Kier molecular flexibility index (Phi) is 6.08. The lowest BCUT2D eigenvalue weighted by Gasteiger charge is -2.11. The molecule has 3 heterocycles. The van der Waals surface area contributed by atoms with Gasteiger partial charge in [0.15, 0.2) is 22.6 Å². The number of nitrogens with one attached hydrogen (secondary N) is 1. The van der Waals surface area contributed by atoms with E-state index in [9.17, 15) is 4.21 Å². The molecule has 0 amide bonds. The zero-order valence-corrected chi connectivity index (χ0v) is 19.1.